The Labute approximate surface area is 137 Å². The Kier molecular flexibility index (Phi) is 3.51. The van der Waals surface area contributed by atoms with Gasteiger partial charge in [-0.25, -0.2) is 0 Å². The molecule has 3 rings (SSSR count). The molecule has 0 fully saturated rings. The van der Waals surface area contributed by atoms with Crippen LogP contribution in [0.15, 0.2) is 30.3 Å². The molecule has 118 valence electrons. The molecule has 0 heterocycles. The molecule has 2 heteroatoms. The molecule has 0 saturated heterocycles. The SMILES string of the molecule is CCC1(c2c(C)c(C)cc(C)c2C)C(=O)c2ccccc2C1=O. The van der Waals surface area contributed by atoms with Crippen LogP contribution in [0.4, 0.5) is 0 Å². The van der Waals surface area contributed by atoms with E-state index < -0.39 is 5.41 Å². The number of hydrogen-bond donors (Lipinski definition) is 0. The van der Waals surface area contributed by atoms with Crippen molar-refractivity contribution in [2.24, 2.45) is 0 Å². The second-order valence-corrected chi connectivity index (χ2v) is 6.60. The van der Waals surface area contributed by atoms with E-state index in [1.807, 2.05) is 46.8 Å². The van der Waals surface area contributed by atoms with E-state index in [0.29, 0.717) is 17.5 Å². The Bertz CT molecular complexity index is 782. The monoisotopic (exact) mass is 306 g/mol. The fourth-order valence-electron chi connectivity index (χ4n) is 4.02. The van der Waals surface area contributed by atoms with Gasteiger partial charge >= 0.3 is 0 Å². The van der Waals surface area contributed by atoms with E-state index in [-0.39, 0.29) is 11.6 Å². The van der Waals surface area contributed by atoms with Crippen LogP contribution in [-0.4, -0.2) is 11.6 Å². The topological polar surface area (TPSA) is 34.1 Å². The standard InChI is InChI=1S/C21H22O2/c1-6-21(18-14(4)12(2)11-13(3)15(18)5)19(22)16-9-7-8-10-17(16)20(21)23/h7-11H,6H2,1-5H3. The predicted octanol–water partition coefficient (Wildman–Crippen LogP) is 4.65. The summed E-state index contributed by atoms with van der Waals surface area (Å²) >= 11 is 0. The molecule has 0 amide bonds. The van der Waals surface area contributed by atoms with E-state index >= 15 is 0 Å². The molecule has 23 heavy (non-hydrogen) atoms. The lowest BCUT2D eigenvalue weighted by Gasteiger charge is -2.30. The quantitative estimate of drug-likeness (QED) is 0.757. The van der Waals surface area contributed by atoms with E-state index in [1.165, 1.54) is 0 Å². The van der Waals surface area contributed by atoms with Crippen molar-refractivity contribution in [2.75, 3.05) is 0 Å². The lowest BCUT2D eigenvalue weighted by atomic mass is 9.69. The third kappa shape index (κ3) is 1.87. The fourth-order valence-corrected chi connectivity index (χ4v) is 4.02. The highest BCUT2D eigenvalue weighted by atomic mass is 16.2. The van der Waals surface area contributed by atoms with Crippen molar-refractivity contribution < 1.29 is 9.59 Å². The van der Waals surface area contributed by atoms with E-state index in [4.69, 9.17) is 0 Å². The maximum absolute atomic E-state index is 13.3. The molecule has 1 aliphatic carbocycles. The van der Waals surface area contributed by atoms with Crippen LogP contribution in [0, 0.1) is 27.7 Å². The van der Waals surface area contributed by atoms with Gasteiger partial charge in [-0.1, -0.05) is 37.3 Å². The molecule has 0 unspecified atom stereocenters. The number of carbonyl (C=O) groups excluding carboxylic acids is 2. The Morgan fingerprint density at radius 1 is 0.826 bits per heavy atom. The minimum absolute atomic E-state index is 0.0446. The van der Waals surface area contributed by atoms with Crippen molar-refractivity contribution in [3.63, 3.8) is 0 Å². The van der Waals surface area contributed by atoms with Crippen LogP contribution in [0.1, 0.15) is 61.9 Å². The largest absolute Gasteiger partial charge is 0.293 e. The minimum Gasteiger partial charge on any atom is -0.293 e. The average Bonchev–Trinajstić information content (AvgIpc) is 2.76. The summed E-state index contributed by atoms with van der Waals surface area (Å²) in [6.07, 6.45) is 0.490. The number of fused-ring (bicyclic) bond motifs is 1. The van der Waals surface area contributed by atoms with Gasteiger partial charge in [0.15, 0.2) is 11.6 Å². The number of benzene rings is 2. The summed E-state index contributed by atoms with van der Waals surface area (Å²) in [5.41, 5.74) is 5.38. The third-order valence-corrected chi connectivity index (χ3v) is 5.51. The first-order valence-electron chi connectivity index (χ1n) is 8.12. The normalized spacial score (nSPS) is 15.9. The second-order valence-electron chi connectivity index (χ2n) is 6.60. The summed E-state index contributed by atoms with van der Waals surface area (Å²) in [6.45, 7) is 10.1. The van der Waals surface area contributed by atoms with Crippen LogP contribution in [0.3, 0.4) is 0 Å². The summed E-state index contributed by atoms with van der Waals surface area (Å²) in [5, 5.41) is 0. The number of rotatable bonds is 2. The number of hydrogen-bond acceptors (Lipinski definition) is 2. The molecule has 0 atom stereocenters. The highest BCUT2D eigenvalue weighted by Crippen LogP contribution is 2.45. The molecule has 2 nitrogen and oxygen atoms in total. The molecule has 0 aliphatic heterocycles. The Hall–Kier alpha value is -2.22. The summed E-state index contributed by atoms with van der Waals surface area (Å²) in [5.74, 6) is -0.0893. The second kappa shape index (κ2) is 5.16. The summed E-state index contributed by atoms with van der Waals surface area (Å²) < 4.78 is 0. The van der Waals surface area contributed by atoms with Crippen molar-refractivity contribution in [1.82, 2.24) is 0 Å². The molecular formula is C21H22O2. The molecule has 0 radical (unpaired) electrons. The Morgan fingerprint density at radius 3 is 1.65 bits per heavy atom. The van der Waals surface area contributed by atoms with Crippen molar-refractivity contribution in [3.05, 3.63) is 69.3 Å². The molecule has 0 aromatic heterocycles. The molecule has 2 aromatic carbocycles. The first-order chi connectivity index (χ1) is 10.9. The van der Waals surface area contributed by atoms with E-state index in [2.05, 4.69) is 6.07 Å². The number of aryl methyl sites for hydroxylation is 2. The highest BCUT2D eigenvalue weighted by molar-refractivity contribution is 6.33. The Balaban J connectivity index is 2.39. The number of Topliss-reactive ketones (excluding diaryl/α,β-unsaturated/α-hetero) is 2. The zero-order valence-electron chi connectivity index (χ0n) is 14.4. The van der Waals surface area contributed by atoms with Crippen LogP contribution in [0.5, 0.6) is 0 Å². The van der Waals surface area contributed by atoms with Crippen LogP contribution >= 0.6 is 0 Å². The van der Waals surface area contributed by atoms with Gasteiger partial charge in [0.25, 0.3) is 0 Å². The molecule has 0 N–H and O–H groups in total. The predicted molar refractivity (Wildman–Crippen MR) is 92.5 cm³/mol. The highest BCUT2D eigenvalue weighted by Gasteiger charge is 2.54. The zero-order valence-corrected chi connectivity index (χ0v) is 14.4. The van der Waals surface area contributed by atoms with E-state index in [0.717, 1.165) is 27.8 Å². The van der Waals surface area contributed by atoms with Gasteiger partial charge in [0, 0.05) is 11.1 Å². The Morgan fingerprint density at radius 2 is 1.26 bits per heavy atom. The minimum atomic E-state index is -1.06. The van der Waals surface area contributed by atoms with Crippen LogP contribution in [0.25, 0.3) is 0 Å². The lowest BCUT2D eigenvalue weighted by Crippen LogP contribution is -2.39. The van der Waals surface area contributed by atoms with Crippen molar-refractivity contribution in [1.29, 1.82) is 0 Å². The molecule has 0 saturated carbocycles. The summed E-state index contributed by atoms with van der Waals surface area (Å²) in [7, 11) is 0. The summed E-state index contributed by atoms with van der Waals surface area (Å²) in [4.78, 5) is 26.5. The van der Waals surface area contributed by atoms with Gasteiger partial charge in [0.2, 0.25) is 0 Å². The number of ketones is 2. The first-order valence-corrected chi connectivity index (χ1v) is 8.12. The first kappa shape index (κ1) is 15.7. The molecular weight excluding hydrogens is 284 g/mol. The van der Waals surface area contributed by atoms with Crippen molar-refractivity contribution >= 4 is 11.6 Å². The van der Waals surface area contributed by atoms with Crippen LogP contribution in [0.2, 0.25) is 0 Å². The van der Waals surface area contributed by atoms with E-state index in [1.54, 1.807) is 12.1 Å². The van der Waals surface area contributed by atoms with E-state index in [9.17, 15) is 9.59 Å². The van der Waals surface area contributed by atoms with Gasteiger partial charge in [0.05, 0.1) is 0 Å². The molecule has 2 aromatic rings. The van der Waals surface area contributed by atoms with Gasteiger partial charge in [0.1, 0.15) is 5.41 Å². The maximum Gasteiger partial charge on any atom is 0.181 e. The van der Waals surface area contributed by atoms with Gasteiger partial charge < -0.3 is 0 Å². The zero-order chi connectivity index (χ0) is 16.9. The average molecular weight is 306 g/mol. The van der Waals surface area contributed by atoms with Gasteiger partial charge in [-0.2, -0.15) is 0 Å². The smallest absolute Gasteiger partial charge is 0.181 e. The van der Waals surface area contributed by atoms with Crippen molar-refractivity contribution in [3.8, 4) is 0 Å². The van der Waals surface area contributed by atoms with Gasteiger partial charge in [-0.3, -0.25) is 9.59 Å². The lowest BCUT2D eigenvalue weighted by molar-refractivity contribution is 0.0787. The maximum atomic E-state index is 13.3. The summed E-state index contributed by atoms with van der Waals surface area (Å²) in [6, 6.07) is 9.35. The molecule has 1 aliphatic rings. The molecule has 0 bridgehead atoms. The van der Waals surface area contributed by atoms with Gasteiger partial charge in [-0.15, -0.1) is 0 Å². The third-order valence-electron chi connectivity index (χ3n) is 5.51. The van der Waals surface area contributed by atoms with Crippen LogP contribution < -0.4 is 0 Å². The van der Waals surface area contributed by atoms with Gasteiger partial charge in [-0.05, 0) is 61.9 Å². The van der Waals surface area contributed by atoms with Crippen LogP contribution in [-0.2, 0) is 5.41 Å². The number of carbonyl (C=O) groups is 2. The molecule has 0 spiro atoms. The fraction of sp³-hybridized carbons (Fsp3) is 0.333. The van der Waals surface area contributed by atoms with Crippen molar-refractivity contribution in [2.45, 2.75) is 46.5 Å².